The lowest BCUT2D eigenvalue weighted by molar-refractivity contribution is -0.116. The summed E-state index contributed by atoms with van der Waals surface area (Å²) in [4.78, 5) is 16.5. The van der Waals surface area contributed by atoms with E-state index in [2.05, 4.69) is 10.3 Å². The second-order valence-electron chi connectivity index (χ2n) is 5.53. The van der Waals surface area contributed by atoms with E-state index < -0.39 is 5.76 Å². The highest BCUT2D eigenvalue weighted by Crippen LogP contribution is 2.37. The average molecular weight is 409 g/mol. The van der Waals surface area contributed by atoms with Crippen molar-refractivity contribution in [3.63, 3.8) is 0 Å². The van der Waals surface area contributed by atoms with Gasteiger partial charge in [0.25, 0.3) is 5.76 Å². The third-order valence-corrected chi connectivity index (χ3v) is 4.91. The van der Waals surface area contributed by atoms with Gasteiger partial charge in [-0.25, -0.2) is 4.98 Å². The van der Waals surface area contributed by atoms with Crippen LogP contribution >= 0.6 is 23.4 Å². The predicted octanol–water partition coefficient (Wildman–Crippen LogP) is 5.88. The summed E-state index contributed by atoms with van der Waals surface area (Å²) in [7, 11) is 0. The number of rotatable bonds is 7. The molecule has 1 N–H and O–H groups in total. The Morgan fingerprint density at radius 2 is 1.96 bits per heavy atom. The molecule has 3 aromatic rings. The van der Waals surface area contributed by atoms with Gasteiger partial charge in [-0.15, -0.1) is 0 Å². The number of carbonyl (C=O) groups excluding carboxylic acids is 1. The van der Waals surface area contributed by atoms with Gasteiger partial charge in [-0.05, 0) is 12.1 Å². The highest BCUT2D eigenvalue weighted by atomic mass is 35.5. The van der Waals surface area contributed by atoms with Gasteiger partial charge in [0.05, 0.1) is 21.8 Å². The summed E-state index contributed by atoms with van der Waals surface area (Å²) in [6.45, 7) is 0. The number of oxazole rings is 1. The SMILES string of the molecule is O=C(CCc1ncc(-c2ccccc2)o1)Nc1cccc(Cl)c1SC(F)F. The smallest absolute Gasteiger partial charge is 0.289 e. The molecule has 1 heterocycles. The first-order valence-corrected chi connectivity index (χ1v) is 9.32. The van der Waals surface area contributed by atoms with Crippen molar-refractivity contribution in [2.45, 2.75) is 23.5 Å². The van der Waals surface area contributed by atoms with Crippen LogP contribution in [-0.2, 0) is 11.2 Å². The molecule has 0 fully saturated rings. The van der Waals surface area contributed by atoms with Crippen LogP contribution in [0.5, 0.6) is 0 Å². The maximum absolute atomic E-state index is 12.7. The molecule has 1 amide bonds. The highest BCUT2D eigenvalue weighted by Gasteiger charge is 2.16. The van der Waals surface area contributed by atoms with E-state index in [9.17, 15) is 13.6 Å². The number of aromatic nitrogens is 1. The molecule has 4 nitrogen and oxygen atoms in total. The van der Waals surface area contributed by atoms with E-state index in [1.54, 1.807) is 12.3 Å². The number of anilines is 1. The van der Waals surface area contributed by atoms with Crippen LogP contribution in [0.25, 0.3) is 11.3 Å². The predicted molar refractivity (Wildman–Crippen MR) is 102 cm³/mol. The minimum Gasteiger partial charge on any atom is -0.441 e. The maximum Gasteiger partial charge on any atom is 0.289 e. The van der Waals surface area contributed by atoms with Crippen LogP contribution in [0, 0.1) is 0 Å². The molecule has 0 saturated heterocycles. The van der Waals surface area contributed by atoms with Crippen LogP contribution in [0.4, 0.5) is 14.5 Å². The van der Waals surface area contributed by atoms with Gasteiger partial charge < -0.3 is 9.73 Å². The Kier molecular flexibility index (Phi) is 6.47. The first kappa shape index (κ1) is 19.4. The minimum absolute atomic E-state index is 0.0973. The largest absolute Gasteiger partial charge is 0.441 e. The van der Waals surface area contributed by atoms with Crippen LogP contribution in [0.15, 0.2) is 64.0 Å². The van der Waals surface area contributed by atoms with E-state index in [1.807, 2.05) is 30.3 Å². The number of alkyl halides is 2. The van der Waals surface area contributed by atoms with Crippen molar-refractivity contribution >= 4 is 35.0 Å². The van der Waals surface area contributed by atoms with Gasteiger partial charge in [-0.3, -0.25) is 4.79 Å². The summed E-state index contributed by atoms with van der Waals surface area (Å²) in [6.07, 6.45) is 1.99. The number of nitrogens with one attached hydrogen (secondary N) is 1. The van der Waals surface area contributed by atoms with Crippen LogP contribution in [0.1, 0.15) is 12.3 Å². The fourth-order valence-electron chi connectivity index (χ4n) is 2.41. The Morgan fingerprint density at radius 3 is 2.70 bits per heavy atom. The summed E-state index contributed by atoms with van der Waals surface area (Å²) in [5, 5.41) is 2.78. The normalized spacial score (nSPS) is 11.0. The Morgan fingerprint density at radius 1 is 1.19 bits per heavy atom. The molecule has 1 aromatic heterocycles. The quantitative estimate of drug-likeness (QED) is 0.496. The van der Waals surface area contributed by atoms with Crippen molar-refractivity contribution in [1.29, 1.82) is 0 Å². The lowest BCUT2D eigenvalue weighted by Gasteiger charge is -2.11. The molecule has 0 aliphatic carbocycles. The molecule has 0 saturated carbocycles. The number of hydrogen-bond donors (Lipinski definition) is 1. The number of benzene rings is 2. The summed E-state index contributed by atoms with van der Waals surface area (Å²) in [6, 6.07) is 14.1. The Hall–Kier alpha value is -2.38. The summed E-state index contributed by atoms with van der Waals surface area (Å²) < 4.78 is 31.1. The first-order valence-electron chi connectivity index (χ1n) is 8.06. The minimum atomic E-state index is -2.63. The van der Waals surface area contributed by atoms with E-state index in [4.69, 9.17) is 16.0 Å². The number of aryl methyl sites for hydroxylation is 1. The zero-order valence-electron chi connectivity index (χ0n) is 14.0. The first-order chi connectivity index (χ1) is 13.0. The molecule has 2 aromatic carbocycles. The van der Waals surface area contributed by atoms with Crippen molar-refractivity contribution in [3.05, 3.63) is 65.6 Å². The second-order valence-corrected chi connectivity index (χ2v) is 6.93. The Labute approximate surface area is 163 Å². The van der Waals surface area contributed by atoms with Crippen LogP contribution in [-0.4, -0.2) is 16.6 Å². The van der Waals surface area contributed by atoms with E-state index >= 15 is 0 Å². The molecule has 0 radical (unpaired) electrons. The number of amides is 1. The average Bonchev–Trinajstić information content (AvgIpc) is 3.12. The van der Waals surface area contributed by atoms with E-state index in [-0.39, 0.29) is 34.4 Å². The van der Waals surface area contributed by atoms with Gasteiger partial charge >= 0.3 is 0 Å². The van der Waals surface area contributed by atoms with Crippen LogP contribution in [0.2, 0.25) is 5.02 Å². The number of hydrogen-bond acceptors (Lipinski definition) is 4. The summed E-state index contributed by atoms with van der Waals surface area (Å²) in [5.41, 5.74) is 1.16. The van der Waals surface area contributed by atoms with Gasteiger partial charge in [-0.2, -0.15) is 8.78 Å². The lowest BCUT2D eigenvalue weighted by Crippen LogP contribution is -2.13. The Bertz CT molecular complexity index is 919. The topological polar surface area (TPSA) is 55.1 Å². The van der Waals surface area contributed by atoms with Gasteiger partial charge in [0.2, 0.25) is 5.91 Å². The zero-order chi connectivity index (χ0) is 19.2. The number of nitrogens with zero attached hydrogens (tertiary/aromatic N) is 1. The van der Waals surface area contributed by atoms with Crippen LogP contribution in [0.3, 0.4) is 0 Å². The van der Waals surface area contributed by atoms with Crippen LogP contribution < -0.4 is 5.32 Å². The highest BCUT2D eigenvalue weighted by molar-refractivity contribution is 7.99. The molecule has 0 spiro atoms. The third-order valence-electron chi connectivity index (χ3n) is 3.63. The number of halogens is 3. The fourth-order valence-corrected chi connectivity index (χ4v) is 3.32. The summed E-state index contributed by atoms with van der Waals surface area (Å²) >= 11 is 6.26. The fraction of sp³-hybridized carbons (Fsp3) is 0.158. The van der Waals surface area contributed by atoms with Gasteiger partial charge in [-0.1, -0.05) is 59.8 Å². The van der Waals surface area contributed by atoms with Gasteiger partial charge in [0.15, 0.2) is 11.7 Å². The third kappa shape index (κ3) is 5.30. The van der Waals surface area contributed by atoms with E-state index in [0.717, 1.165) is 5.56 Å². The van der Waals surface area contributed by atoms with Gasteiger partial charge in [0.1, 0.15) is 0 Å². The molecule has 140 valence electrons. The molecule has 0 unspecified atom stereocenters. The summed E-state index contributed by atoms with van der Waals surface area (Å²) in [5.74, 6) is -1.93. The van der Waals surface area contributed by atoms with E-state index in [1.165, 1.54) is 12.1 Å². The second kappa shape index (κ2) is 9.01. The molecule has 27 heavy (non-hydrogen) atoms. The van der Waals surface area contributed by atoms with Crippen molar-refractivity contribution in [1.82, 2.24) is 4.98 Å². The molecule has 8 heteroatoms. The molecule has 3 rings (SSSR count). The molecule has 0 aliphatic heterocycles. The molecular weight excluding hydrogens is 394 g/mol. The number of carbonyl (C=O) groups is 1. The maximum atomic E-state index is 12.7. The molecule has 0 bridgehead atoms. The monoisotopic (exact) mass is 408 g/mol. The lowest BCUT2D eigenvalue weighted by atomic mass is 10.2. The van der Waals surface area contributed by atoms with Crippen molar-refractivity contribution in [3.8, 4) is 11.3 Å². The van der Waals surface area contributed by atoms with Crippen molar-refractivity contribution in [2.75, 3.05) is 5.32 Å². The molecule has 0 atom stereocenters. The standard InChI is InChI=1S/C19H15ClF2N2O2S/c20-13-7-4-8-14(18(13)27-19(21)22)24-16(25)9-10-17-23-11-15(26-17)12-5-2-1-3-6-12/h1-8,11,19H,9-10H2,(H,24,25). The van der Waals surface area contributed by atoms with Gasteiger partial charge in [0, 0.05) is 18.4 Å². The van der Waals surface area contributed by atoms with E-state index in [0.29, 0.717) is 23.4 Å². The van der Waals surface area contributed by atoms with Crippen molar-refractivity contribution < 1.29 is 18.0 Å². The molecular formula is C19H15ClF2N2O2S. The number of thioether (sulfide) groups is 1. The zero-order valence-corrected chi connectivity index (χ0v) is 15.6. The molecule has 0 aliphatic rings. The Balaban J connectivity index is 1.61. The van der Waals surface area contributed by atoms with Crippen molar-refractivity contribution in [2.24, 2.45) is 0 Å².